The van der Waals surface area contributed by atoms with Crippen LogP contribution in [-0.4, -0.2) is 28.0 Å². The summed E-state index contributed by atoms with van der Waals surface area (Å²) in [5, 5.41) is 13.2. The second-order valence-electron chi connectivity index (χ2n) is 3.96. The van der Waals surface area contributed by atoms with Gasteiger partial charge in [-0.3, -0.25) is 4.79 Å². The number of rotatable bonds is 4. The number of aromatic nitrogens is 2. The van der Waals surface area contributed by atoms with Crippen LogP contribution in [0, 0.1) is 6.92 Å². The summed E-state index contributed by atoms with van der Waals surface area (Å²) in [6.45, 7) is 1.84. The van der Waals surface area contributed by atoms with E-state index in [9.17, 15) is 4.79 Å². The molecule has 1 N–H and O–H groups in total. The van der Waals surface area contributed by atoms with Crippen LogP contribution >= 0.6 is 0 Å². The molecule has 0 radical (unpaired) electrons. The van der Waals surface area contributed by atoms with Crippen LogP contribution in [0.25, 0.3) is 5.69 Å². The number of benzene rings is 1. The standard InChI is InChI=1S/C13H14N2O3/c1-9-6-11(8-13(16)17)15(14-9)10-4-3-5-12(7-10)18-2/h3-7H,8H2,1-2H3,(H,16,17). The molecule has 1 aromatic carbocycles. The minimum Gasteiger partial charge on any atom is -0.497 e. The molecule has 0 saturated carbocycles. The van der Waals surface area contributed by atoms with Gasteiger partial charge in [-0.25, -0.2) is 4.68 Å². The number of ether oxygens (including phenoxy) is 1. The Bertz CT molecular complexity index is 575. The first-order valence-corrected chi connectivity index (χ1v) is 5.52. The molecule has 0 saturated heterocycles. The molecule has 2 aromatic rings. The van der Waals surface area contributed by atoms with Crippen LogP contribution < -0.4 is 4.74 Å². The van der Waals surface area contributed by atoms with Gasteiger partial charge in [-0.2, -0.15) is 5.10 Å². The number of hydrogen-bond acceptors (Lipinski definition) is 3. The summed E-state index contributed by atoms with van der Waals surface area (Å²) >= 11 is 0. The average molecular weight is 246 g/mol. The van der Waals surface area contributed by atoms with Gasteiger partial charge in [0.05, 0.1) is 30.6 Å². The van der Waals surface area contributed by atoms with E-state index in [2.05, 4.69) is 5.10 Å². The van der Waals surface area contributed by atoms with Gasteiger partial charge in [0.1, 0.15) is 5.75 Å². The number of nitrogens with zero attached hydrogens (tertiary/aromatic N) is 2. The summed E-state index contributed by atoms with van der Waals surface area (Å²) in [6, 6.07) is 9.12. The van der Waals surface area contributed by atoms with E-state index >= 15 is 0 Å². The Kier molecular flexibility index (Phi) is 3.32. The van der Waals surface area contributed by atoms with E-state index in [4.69, 9.17) is 9.84 Å². The highest BCUT2D eigenvalue weighted by Gasteiger charge is 2.11. The maximum Gasteiger partial charge on any atom is 0.309 e. The van der Waals surface area contributed by atoms with Crippen molar-refractivity contribution in [3.05, 3.63) is 41.7 Å². The topological polar surface area (TPSA) is 64.4 Å². The highest BCUT2D eigenvalue weighted by molar-refractivity contribution is 5.70. The van der Waals surface area contributed by atoms with E-state index < -0.39 is 5.97 Å². The zero-order valence-electron chi connectivity index (χ0n) is 10.3. The molecule has 5 heteroatoms. The second-order valence-corrected chi connectivity index (χ2v) is 3.96. The molecule has 18 heavy (non-hydrogen) atoms. The summed E-state index contributed by atoms with van der Waals surface area (Å²) in [4.78, 5) is 10.8. The SMILES string of the molecule is COc1cccc(-n2nc(C)cc2CC(=O)O)c1. The molecular weight excluding hydrogens is 232 g/mol. The van der Waals surface area contributed by atoms with Gasteiger partial charge in [0, 0.05) is 6.07 Å². The molecule has 0 aliphatic rings. The van der Waals surface area contributed by atoms with Crippen molar-refractivity contribution in [1.82, 2.24) is 9.78 Å². The van der Waals surface area contributed by atoms with Crippen molar-refractivity contribution in [2.75, 3.05) is 7.11 Å². The van der Waals surface area contributed by atoms with Gasteiger partial charge >= 0.3 is 5.97 Å². The summed E-state index contributed by atoms with van der Waals surface area (Å²) in [7, 11) is 1.59. The van der Waals surface area contributed by atoms with Gasteiger partial charge in [0.15, 0.2) is 0 Å². The highest BCUT2D eigenvalue weighted by Crippen LogP contribution is 2.18. The minimum atomic E-state index is -0.876. The van der Waals surface area contributed by atoms with E-state index in [0.717, 1.165) is 11.4 Å². The van der Waals surface area contributed by atoms with Crippen LogP contribution in [0.15, 0.2) is 30.3 Å². The average Bonchev–Trinajstić information content (AvgIpc) is 2.69. The van der Waals surface area contributed by atoms with Gasteiger partial charge in [-0.05, 0) is 25.1 Å². The Balaban J connectivity index is 2.45. The molecule has 0 atom stereocenters. The molecule has 0 fully saturated rings. The number of carboxylic acid groups (broad SMARTS) is 1. The number of carbonyl (C=O) groups is 1. The molecule has 0 spiro atoms. The van der Waals surface area contributed by atoms with E-state index in [1.165, 1.54) is 0 Å². The van der Waals surface area contributed by atoms with Crippen molar-refractivity contribution in [3.8, 4) is 11.4 Å². The predicted molar refractivity (Wildman–Crippen MR) is 66.2 cm³/mol. The van der Waals surface area contributed by atoms with Crippen molar-refractivity contribution in [2.45, 2.75) is 13.3 Å². The lowest BCUT2D eigenvalue weighted by Crippen LogP contribution is -2.08. The van der Waals surface area contributed by atoms with Crippen molar-refractivity contribution >= 4 is 5.97 Å². The third-order valence-corrected chi connectivity index (χ3v) is 2.54. The maximum absolute atomic E-state index is 10.8. The summed E-state index contributed by atoms with van der Waals surface area (Å²) in [6.07, 6.45) is -0.0575. The van der Waals surface area contributed by atoms with Gasteiger partial charge in [-0.1, -0.05) is 6.07 Å². The normalized spacial score (nSPS) is 10.3. The van der Waals surface area contributed by atoms with Crippen molar-refractivity contribution < 1.29 is 14.6 Å². The fraction of sp³-hybridized carbons (Fsp3) is 0.231. The predicted octanol–water partition coefficient (Wildman–Crippen LogP) is 1.82. The molecule has 1 aromatic heterocycles. The zero-order chi connectivity index (χ0) is 13.1. The van der Waals surface area contributed by atoms with Crippen LogP contribution in [0.2, 0.25) is 0 Å². The number of aryl methyl sites for hydroxylation is 1. The lowest BCUT2D eigenvalue weighted by Gasteiger charge is -2.07. The molecule has 2 rings (SSSR count). The minimum absolute atomic E-state index is 0.0575. The van der Waals surface area contributed by atoms with Crippen LogP contribution in [-0.2, 0) is 11.2 Å². The Hall–Kier alpha value is -2.30. The van der Waals surface area contributed by atoms with Gasteiger partial charge in [0.2, 0.25) is 0 Å². The van der Waals surface area contributed by atoms with Crippen LogP contribution in [0.1, 0.15) is 11.4 Å². The van der Waals surface area contributed by atoms with E-state index in [0.29, 0.717) is 11.4 Å². The van der Waals surface area contributed by atoms with Crippen molar-refractivity contribution in [2.24, 2.45) is 0 Å². The number of methoxy groups -OCH3 is 1. The first-order valence-electron chi connectivity index (χ1n) is 5.52. The van der Waals surface area contributed by atoms with Gasteiger partial charge in [-0.15, -0.1) is 0 Å². The number of aliphatic carboxylic acids is 1. The Morgan fingerprint density at radius 3 is 2.89 bits per heavy atom. The first kappa shape index (κ1) is 12.2. The van der Waals surface area contributed by atoms with Crippen LogP contribution in [0.5, 0.6) is 5.75 Å². The number of hydrogen-bond donors (Lipinski definition) is 1. The Morgan fingerprint density at radius 1 is 1.44 bits per heavy atom. The van der Waals surface area contributed by atoms with Crippen molar-refractivity contribution in [1.29, 1.82) is 0 Å². The number of carboxylic acids is 1. The molecule has 0 unspecified atom stereocenters. The molecule has 5 nitrogen and oxygen atoms in total. The molecule has 0 aliphatic carbocycles. The Morgan fingerprint density at radius 2 is 2.22 bits per heavy atom. The third-order valence-electron chi connectivity index (χ3n) is 2.54. The quantitative estimate of drug-likeness (QED) is 0.893. The van der Waals surface area contributed by atoms with E-state index in [-0.39, 0.29) is 6.42 Å². The summed E-state index contributed by atoms with van der Waals surface area (Å²) < 4.78 is 6.78. The maximum atomic E-state index is 10.8. The fourth-order valence-corrected chi connectivity index (χ4v) is 1.80. The Labute approximate surface area is 105 Å². The monoisotopic (exact) mass is 246 g/mol. The summed E-state index contributed by atoms with van der Waals surface area (Å²) in [5.74, 6) is -0.166. The molecule has 1 heterocycles. The highest BCUT2D eigenvalue weighted by atomic mass is 16.5. The lowest BCUT2D eigenvalue weighted by atomic mass is 10.2. The van der Waals surface area contributed by atoms with Crippen LogP contribution in [0.4, 0.5) is 0 Å². The molecule has 0 amide bonds. The lowest BCUT2D eigenvalue weighted by molar-refractivity contribution is -0.136. The van der Waals surface area contributed by atoms with Crippen LogP contribution in [0.3, 0.4) is 0 Å². The molecule has 0 bridgehead atoms. The smallest absolute Gasteiger partial charge is 0.309 e. The molecule has 94 valence electrons. The van der Waals surface area contributed by atoms with Gasteiger partial charge < -0.3 is 9.84 Å². The molecule has 0 aliphatic heterocycles. The zero-order valence-corrected chi connectivity index (χ0v) is 10.3. The first-order chi connectivity index (χ1) is 8.60. The summed E-state index contributed by atoms with van der Waals surface area (Å²) in [5.41, 5.74) is 2.22. The largest absolute Gasteiger partial charge is 0.497 e. The van der Waals surface area contributed by atoms with E-state index in [1.807, 2.05) is 31.2 Å². The second kappa shape index (κ2) is 4.91. The van der Waals surface area contributed by atoms with E-state index in [1.54, 1.807) is 17.9 Å². The van der Waals surface area contributed by atoms with Crippen molar-refractivity contribution in [3.63, 3.8) is 0 Å². The molecular formula is C13H14N2O3. The third kappa shape index (κ3) is 2.51. The fourth-order valence-electron chi connectivity index (χ4n) is 1.80. The van der Waals surface area contributed by atoms with Gasteiger partial charge in [0.25, 0.3) is 0 Å².